The van der Waals surface area contributed by atoms with Gasteiger partial charge < -0.3 is 10.0 Å². The number of nitrogens with zero attached hydrogens (tertiary/aromatic N) is 1. The lowest BCUT2D eigenvalue weighted by molar-refractivity contribution is 0.134. The zero-order valence-electron chi connectivity index (χ0n) is 18.9. The van der Waals surface area contributed by atoms with Crippen LogP contribution in [-0.4, -0.2) is 33.2 Å². The molecule has 2 aromatic rings. The van der Waals surface area contributed by atoms with Gasteiger partial charge in [-0.1, -0.05) is 31.9 Å². The Hall–Kier alpha value is -2.05. The maximum atomic E-state index is 12.8. The van der Waals surface area contributed by atoms with Gasteiger partial charge in [0.25, 0.3) is 0 Å². The third-order valence-electron chi connectivity index (χ3n) is 7.19. The summed E-state index contributed by atoms with van der Waals surface area (Å²) in [7, 11) is -3.53. The van der Waals surface area contributed by atoms with Crippen LogP contribution in [0.3, 0.4) is 0 Å². The molecular weight excluding hydrogens is 408 g/mol. The van der Waals surface area contributed by atoms with Gasteiger partial charge in [0.2, 0.25) is 10.0 Å². The van der Waals surface area contributed by atoms with Crippen molar-refractivity contribution in [3.8, 4) is 5.75 Å². The number of aromatic hydroxyl groups is 1. The third kappa shape index (κ3) is 4.33. The van der Waals surface area contributed by atoms with Crippen LogP contribution in [0.2, 0.25) is 0 Å². The van der Waals surface area contributed by atoms with Crippen molar-refractivity contribution in [3.05, 3.63) is 52.6 Å². The van der Waals surface area contributed by atoms with Crippen molar-refractivity contribution in [2.45, 2.75) is 64.2 Å². The summed E-state index contributed by atoms with van der Waals surface area (Å²) in [5, 5.41) is 10.4. The van der Waals surface area contributed by atoms with E-state index in [1.165, 1.54) is 30.5 Å². The van der Waals surface area contributed by atoms with Crippen LogP contribution >= 0.6 is 0 Å². The van der Waals surface area contributed by atoms with E-state index < -0.39 is 10.0 Å². The largest absolute Gasteiger partial charge is 0.508 e. The fraction of sp³-hybridized carbons (Fsp3) is 0.520. The molecule has 2 aliphatic rings. The van der Waals surface area contributed by atoms with Crippen molar-refractivity contribution in [1.29, 1.82) is 0 Å². The second kappa shape index (κ2) is 8.47. The van der Waals surface area contributed by atoms with Gasteiger partial charge in [0.1, 0.15) is 5.75 Å². The Morgan fingerprint density at radius 2 is 1.84 bits per heavy atom. The van der Waals surface area contributed by atoms with Crippen LogP contribution in [0.25, 0.3) is 0 Å². The average molecular weight is 443 g/mol. The Kier molecular flexibility index (Phi) is 6.05. The molecule has 2 N–H and O–H groups in total. The molecule has 1 aliphatic carbocycles. The minimum Gasteiger partial charge on any atom is -0.508 e. The number of aryl methyl sites for hydroxylation is 1. The first-order valence-corrected chi connectivity index (χ1v) is 12.9. The highest BCUT2D eigenvalue weighted by Crippen LogP contribution is 2.51. The van der Waals surface area contributed by atoms with Crippen molar-refractivity contribution in [2.75, 3.05) is 24.5 Å². The predicted molar refractivity (Wildman–Crippen MR) is 125 cm³/mol. The van der Waals surface area contributed by atoms with E-state index in [-0.39, 0.29) is 5.41 Å². The van der Waals surface area contributed by atoms with E-state index in [1.807, 2.05) is 25.1 Å². The first kappa shape index (κ1) is 22.2. The van der Waals surface area contributed by atoms with Crippen LogP contribution in [0.1, 0.15) is 54.9 Å². The molecule has 0 bridgehead atoms. The molecule has 0 unspecified atom stereocenters. The molecule has 1 spiro atoms. The molecule has 1 aliphatic heterocycles. The highest BCUT2D eigenvalue weighted by atomic mass is 32.2. The molecule has 0 aromatic heterocycles. The number of phenols is 1. The Morgan fingerprint density at radius 3 is 2.45 bits per heavy atom. The number of benzene rings is 2. The van der Waals surface area contributed by atoms with Crippen LogP contribution in [0, 0.1) is 19.3 Å². The van der Waals surface area contributed by atoms with Gasteiger partial charge in [-0.3, -0.25) is 0 Å². The highest BCUT2D eigenvalue weighted by Gasteiger charge is 2.43. The monoisotopic (exact) mass is 442 g/mol. The second-order valence-corrected chi connectivity index (χ2v) is 11.2. The topological polar surface area (TPSA) is 69.6 Å². The predicted octanol–water partition coefficient (Wildman–Crippen LogP) is 4.47. The maximum absolute atomic E-state index is 12.8. The van der Waals surface area contributed by atoms with Crippen LogP contribution in [-0.2, 0) is 22.9 Å². The zero-order chi connectivity index (χ0) is 22.2. The van der Waals surface area contributed by atoms with Gasteiger partial charge >= 0.3 is 0 Å². The molecule has 1 saturated carbocycles. The first-order valence-electron chi connectivity index (χ1n) is 11.4. The molecule has 2 aromatic carbocycles. The fourth-order valence-corrected chi connectivity index (χ4v) is 6.22. The lowest BCUT2D eigenvalue weighted by Crippen LogP contribution is -2.49. The number of hydrogen-bond acceptors (Lipinski definition) is 4. The Morgan fingerprint density at radius 1 is 1.13 bits per heavy atom. The molecule has 4 rings (SSSR count). The smallest absolute Gasteiger partial charge is 0.240 e. The zero-order valence-corrected chi connectivity index (χ0v) is 19.7. The lowest BCUT2D eigenvalue weighted by atomic mass is 9.63. The van der Waals surface area contributed by atoms with E-state index in [0.717, 1.165) is 42.5 Å². The van der Waals surface area contributed by atoms with Gasteiger partial charge in [-0.15, -0.1) is 0 Å². The molecular formula is C25H34N2O3S. The molecule has 168 valence electrons. The van der Waals surface area contributed by atoms with Crippen molar-refractivity contribution >= 4 is 15.7 Å². The van der Waals surface area contributed by atoms with Gasteiger partial charge in [0, 0.05) is 25.3 Å². The van der Waals surface area contributed by atoms with E-state index in [0.29, 0.717) is 23.7 Å². The number of sulfonamides is 1. The molecule has 0 saturated heterocycles. The number of phenolic OH excluding ortho intramolecular Hbond substituents is 1. The second-order valence-electron chi connectivity index (χ2n) is 9.40. The molecule has 0 atom stereocenters. The first-order chi connectivity index (χ1) is 14.7. The van der Waals surface area contributed by atoms with E-state index in [1.54, 1.807) is 12.1 Å². The SMILES string of the molecule is CCCc1ccc(S(=O)(=O)NCCN2CC3(CCC3)Cc3cc(O)c(C)c(C)c32)cc1. The molecule has 5 nitrogen and oxygen atoms in total. The number of nitrogens with one attached hydrogen (secondary N) is 1. The average Bonchev–Trinajstić information content (AvgIpc) is 2.71. The van der Waals surface area contributed by atoms with Gasteiger partial charge in [0.05, 0.1) is 4.90 Å². The number of anilines is 1. The molecule has 1 fully saturated rings. The van der Waals surface area contributed by atoms with E-state index in [9.17, 15) is 13.5 Å². The van der Waals surface area contributed by atoms with Crippen LogP contribution < -0.4 is 9.62 Å². The minimum atomic E-state index is -3.53. The summed E-state index contributed by atoms with van der Waals surface area (Å²) >= 11 is 0. The van der Waals surface area contributed by atoms with Crippen LogP contribution in [0.5, 0.6) is 5.75 Å². The number of rotatable bonds is 7. The van der Waals surface area contributed by atoms with Crippen LogP contribution in [0.15, 0.2) is 35.2 Å². The highest BCUT2D eigenvalue weighted by molar-refractivity contribution is 7.89. The summed E-state index contributed by atoms with van der Waals surface area (Å²) < 4.78 is 28.4. The van der Waals surface area contributed by atoms with Crippen molar-refractivity contribution in [1.82, 2.24) is 4.72 Å². The standard InChI is InChI=1S/C25H34N2O3S/c1-4-6-20-7-9-22(10-8-20)31(29,30)26-13-14-27-17-25(11-5-12-25)16-21-15-23(28)18(2)19(3)24(21)27/h7-10,15,26,28H,4-6,11-14,16-17H2,1-3H3. The summed E-state index contributed by atoms with van der Waals surface area (Å²) in [6, 6.07) is 9.12. The maximum Gasteiger partial charge on any atom is 0.240 e. The summed E-state index contributed by atoms with van der Waals surface area (Å²) in [5.74, 6) is 0.361. The molecule has 6 heteroatoms. The van der Waals surface area contributed by atoms with Gasteiger partial charge in [-0.2, -0.15) is 0 Å². The van der Waals surface area contributed by atoms with E-state index in [4.69, 9.17) is 0 Å². The summed E-state index contributed by atoms with van der Waals surface area (Å²) in [6.07, 6.45) is 6.65. The number of hydrogen-bond donors (Lipinski definition) is 2. The van der Waals surface area contributed by atoms with Gasteiger partial charge in [-0.05, 0) is 85.4 Å². The summed E-state index contributed by atoms with van der Waals surface area (Å²) in [4.78, 5) is 2.66. The lowest BCUT2D eigenvalue weighted by Gasteiger charge is -2.50. The summed E-state index contributed by atoms with van der Waals surface area (Å²) in [5.41, 5.74) is 5.80. The van der Waals surface area contributed by atoms with Crippen molar-refractivity contribution in [3.63, 3.8) is 0 Å². The van der Waals surface area contributed by atoms with Gasteiger partial charge in [0.15, 0.2) is 0 Å². The van der Waals surface area contributed by atoms with E-state index >= 15 is 0 Å². The van der Waals surface area contributed by atoms with E-state index in [2.05, 4.69) is 23.5 Å². The Labute approximate surface area is 186 Å². The molecule has 31 heavy (non-hydrogen) atoms. The molecule has 1 heterocycles. The Bertz CT molecular complexity index is 1060. The minimum absolute atomic E-state index is 0.273. The fourth-order valence-electron chi connectivity index (χ4n) is 5.20. The quantitative estimate of drug-likeness (QED) is 0.664. The molecule has 0 radical (unpaired) electrons. The third-order valence-corrected chi connectivity index (χ3v) is 8.66. The van der Waals surface area contributed by atoms with Crippen molar-refractivity contribution < 1.29 is 13.5 Å². The van der Waals surface area contributed by atoms with Crippen LogP contribution in [0.4, 0.5) is 5.69 Å². The van der Waals surface area contributed by atoms with Gasteiger partial charge in [-0.25, -0.2) is 13.1 Å². The summed E-state index contributed by atoms with van der Waals surface area (Å²) in [6.45, 7) is 8.05. The Balaban J connectivity index is 1.50. The normalized spacial score (nSPS) is 17.5. The number of fused-ring (bicyclic) bond motifs is 1. The molecule has 0 amide bonds. The van der Waals surface area contributed by atoms with Crippen molar-refractivity contribution in [2.24, 2.45) is 5.41 Å².